The number of piperidine rings is 1. The maximum Gasteiger partial charge on any atom is 0.230 e. The summed E-state index contributed by atoms with van der Waals surface area (Å²) in [7, 11) is 0. The van der Waals surface area contributed by atoms with Crippen LogP contribution in [0.3, 0.4) is 0 Å². The topological polar surface area (TPSA) is 79.1 Å². The van der Waals surface area contributed by atoms with Gasteiger partial charge < -0.3 is 15.1 Å². The number of pyridine rings is 1. The molecule has 0 bridgehead atoms. The third kappa shape index (κ3) is 1.66. The van der Waals surface area contributed by atoms with E-state index in [1.165, 1.54) is 12.6 Å². The van der Waals surface area contributed by atoms with E-state index in [2.05, 4.69) is 16.0 Å². The molecule has 0 saturated carbocycles. The van der Waals surface area contributed by atoms with E-state index in [9.17, 15) is 0 Å². The highest BCUT2D eigenvalue weighted by Crippen LogP contribution is 2.36. The first-order valence-corrected chi connectivity index (χ1v) is 6.12. The molecular formula is C13H14N4O. The fourth-order valence-corrected chi connectivity index (χ4v) is 2.49. The highest BCUT2D eigenvalue weighted by atomic mass is 16.4. The number of furan rings is 1. The molecule has 92 valence electrons. The molecule has 0 unspecified atom stereocenters. The lowest BCUT2D eigenvalue weighted by Gasteiger charge is -2.28. The molecule has 0 aromatic carbocycles. The van der Waals surface area contributed by atoms with Crippen molar-refractivity contribution in [3.05, 3.63) is 17.8 Å². The molecule has 3 rings (SSSR count). The Morgan fingerprint density at radius 2 is 2.11 bits per heavy atom. The maximum absolute atomic E-state index is 8.94. The zero-order chi connectivity index (χ0) is 12.5. The summed E-state index contributed by atoms with van der Waals surface area (Å²) in [5.74, 6) is 0.398. The highest BCUT2D eigenvalue weighted by Gasteiger charge is 2.21. The molecule has 0 radical (unpaired) electrons. The predicted octanol–water partition coefficient (Wildman–Crippen LogP) is 2.27. The molecular weight excluding hydrogens is 228 g/mol. The summed E-state index contributed by atoms with van der Waals surface area (Å²) < 4.78 is 5.47. The summed E-state index contributed by atoms with van der Waals surface area (Å²) in [6, 6.07) is 3.89. The van der Waals surface area contributed by atoms with Gasteiger partial charge in [0, 0.05) is 19.3 Å². The van der Waals surface area contributed by atoms with Gasteiger partial charge in [0.15, 0.2) is 0 Å². The Morgan fingerprint density at radius 1 is 1.33 bits per heavy atom. The van der Waals surface area contributed by atoms with Gasteiger partial charge in [-0.3, -0.25) is 0 Å². The molecule has 1 aliphatic heterocycles. The number of hydrogen-bond acceptors (Lipinski definition) is 5. The molecule has 2 N–H and O–H groups in total. The van der Waals surface area contributed by atoms with Crippen molar-refractivity contribution >= 4 is 22.7 Å². The van der Waals surface area contributed by atoms with Gasteiger partial charge in [-0.2, -0.15) is 5.26 Å². The summed E-state index contributed by atoms with van der Waals surface area (Å²) in [6.07, 6.45) is 5.09. The Kier molecular flexibility index (Phi) is 2.56. The monoisotopic (exact) mass is 242 g/mol. The van der Waals surface area contributed by atoms with Crippen LogP contribution in [0, 0.1) is 11.3 Å². The number of nitriles is 1. The average Bonchev–Trinajstić information content (AvgIpc) is 2.74. The first kappa shape index (κ1) is 10.9. The lowest BCUT2D eigenvalue weighted by Crippen LogP contribution is -2.29. The molecule has 18 heavy (non-hydrogen) atoms. The number of hydrogen-bond donors (Lipinski definition) is 1. The Labute approximate surface area is 105 Å². The van der Waals surface area contributed by atoms with E-state index < -0.39 is 0 Å². The predicted molar refractivity (Wildman–Crippen MR) is 69.2 cm³/mol. The second kappa shape index (κ2) is 4.22. The first-order chi connectivity index (χ1) is 8.79. The number of nitrogens with zero attached hydrogens (tertiary/aromatic N) is 3. The van der Waals surface area contributed by atoms with E-state index in [-0.39, 0.29) is 0 Å². The molecule has 2 aromatic rings. The van der Waals surface area contributed by atoms with Crippen LogP contribution in [0.5, 0.6) is 0 Å². The number of nitrogens with two attached hydrogens (primary N) is 1. The molecule has 5 heteroatoms. The van der Waals surface area contributed by atoms with Gasteiger partial charge in [0.25, 0.3) is 0 Å². The lowest BCUT2D eigenvalue weighted by molar-refractivity contribution is 0.573. The SMILES string of the molecule is N#Cc1cnc2oc(N)c(N3CCCCC3)c2c1. The minimum atomic E-state index is 0.398. The van der Waals surface area contributed by atoms with E-state index in [4.69, 9.17) is 15.4 Å². The summed E-state index contributed by atoms with van der Waals surface area (Å²) >= 11 is 0. The van der Waals surface area contributed by atoms with Crippen LogP contribution >= 0.6 is 0 Å². The quantitative estimate of drug-likeness (QED) is 0.829. The van der Waals surface area contributed by atoms with Gasteiger partial charge in [-0.25, -0.2) is 4.98 Å². The van der Waals surface area contributed by atoms with Crippen LogP contribution in [0.15, 0.2) is 16.7 Å². The van der Waals surface area contributed by atoms with Crippen LogP contribution in [-0.2, 0) is 0 Å². The summed E-state index contributed by atoms with van der Waals surface area (Å²) in [4.78, 5) is 6.36. The van der Waals surface area contributed by atoms with Crippen molar-refractivity contribution in [1.82, 2.24) is 4.98 Å². The number of fused-ring (bicyclic) bond motifs is 1. The van der Waals surface area contributed by atoms with Gasteiger partial charge in [0.05, 0.1) is 10.9 Å². The van der Waals surface area contributed by atoms with E-state index in [1.54, 1.807) is 6.07 Å². The molecule has 1 fully saturated rings. The summed E-state index contributed by atoms with van der Waals surface area (Å²) in [6.45, 7) is 1.96. The van der Waals surface area contributed by atoms with Crippen molar-refractivity contribution in [2.45, 2.75) is 19.3 Å². The number of rotatable bonds is 1. The van der Waals surface area contributed by atoms with E-state index in [1.807, 2.05) is 0 Å². The van der Waals surface area contributed by atoms with Crippen molar-refractivity contribution < 1.29 is 4.42 Å². The largest absolute Gasteiger partial charge is 0.420 e. The normalized spacial score (nSPS) is 15.8. The highest BCUT2D eigenvalue weighted by molar-refractivity contribution is 5.95. The number of anilines is 2. The Bertz CT molecular complexity index is 620. The fourth-order valence-electron chi connectivity index (χ4n) is 2.49. The fraction of sp³-hybridized carbons (Fsp3) is 0.385. The molecule has 1 saturated heterocycles. The third-order valence-corrected chi connectivity index (χ3v) is 3.35. The van der Waals surface area contributed by atoms with Gasteiger partial charge in [-0.05, 0) is 25.3 Å². The van der Waals surface area contributed by atoms with Crippen molar-refractivity contribution in [1.29, 1.82) is 5.26 Å². The standard InChI is InChI=1S/C13H14N4O/c14-7-9-6-10-11(17-4-2-1-3-5-17)12(15)18-13(10)16-8-9/h6,8H,1-5,15H2. The molecule has 0 aliphatic carbocycles. The van der Waals surface area contributed by atoms with Gasteiger partial charge in [0.2, 0.25) is 11.6 Å². The maximum atomic E-state index is 8.94. The van der Waals surface area contributed by atoms with Crippen molar-refractivity contribution in [2.75, 3.05) is 23.7 Å². The van der Waals surface area contributed by atoms with Gasteiger partial charge >= 0.3 is 0 Å². The molecule has 0 atom stereocenters. The number of nitrogen functional groups attached to an aromatic ring is 1. The minimum absolute atomic E-state index is 0.398. The van der Waals surface area contributed by atoms with Crippen LogP contribution in [0.4, 0.5) is 11.6 Å². The Morgan fingerprint density at radius 3 is 2.83 bits per heavy atom. The van der Waals surface area contributed by atoms with E-state index >= 15 is 0 Å². The van der Waals surface area contributed by atoms with Crippen molar-refractivity contribution in [2.24, 2.45) is 0 Å². The molecule has 3 heterocycles. The first-order valence-electron chi connectivity index (χ1n) is 6.12. The van der Waals surface area contributed by atoms with E-state index in [0.29, 0.717) is 17.2 Å². The third-order valence-electron chi connectivity index (χ3n) is 3.35. The van der Waals surface area contributed by atoms with Gasteiger partial charge in [-0.15, -0.1) is 0 Å². The van der Waals surface area contributed by atoms with Crippen LogP contribution in [-0.4, -0.2) is 18.1 Å². The van der Waals surface area contributed by atoms with Crippen LogP contribution < -0.4 is 10.6 Å². The van der Waals surface area contributed by atoms with Crippen molar-refractivity contribution in [3.8, 4) is 6.07 Å². The van der Waals surface area contributed by atoms with Crippen LogP contribution in [0.2, 0.25) is 0 Å². The molecule has 5 nitrogen and oxygen atoms in total. The second-order valence-electron chi connectivity index (χ2n) is 4.55. The zero-order valence-corrected chi connectivity index (χ0v) is 10.0. The molecule has 2 aromatic heterocycles. The molecule has 0 amide bonds. The summed E-state index contributed by atoms with van der Waals surface area (Å²) in [5.41, 5.74) is 7.88. The van der Waals surface area contributed by atoms with Gasteiger partial charge in [-0.1, -0.05) is 0 Å². The molecule has 0 spiro atoms. The lowest BCUT2D eigenvalue weighted by atomic mass is 10.1. The van der Waals surface area contributed by atoms with Crippen LogP contribution in [0.1, 0.15) is 24.8 Å². The van der Waals surface area contributed by atoms with Gasteiger partial charge in [0.1, 0.15) is 11.8 Å². The average molecular weight is 242 g/mol. The zero-order valence-electron chi connectivity index (χ0n) is 10.0. The van der Waals surface area contributed by atoms with Crippen LogP contribution in [0.25, 0.3) is 11.1 Å². The van der Waals surface area contributed by atoms with Crippen molar-refractivity contribution in [3.63, 3.8) is 0 Å². The summed E-state index contributed by atoms with van der Waals surface area (Å²) in [5, 5.41) is 9.78. The Balaban J connectivity index is 2.14. The second-order valence-corrected chi connectivity index (χ2v) is 4.55. The smallest absolute Gasteiger partial charge is 0.230 e. The van der Waals surface area contributed by atoms with E-state index in [0.717, 1.165) is 37.0 Å². The molecule has 1 aliphatic rings. The number of aromatic nitrogens is 1. The minimum Gasteiger partial charge on any atom is -0.420 e. The Hall–Kier alpha value is -2.22.